The number of nitrogens with zero attached hydrogens (tertiary/aromatic N) is 1. The molecule has 26 heavy (non-hydrogen) atoms. The van der Waals surface area contributed by atoms with Crippen LogP contribution in [0, 0.1) is 6.92 Å². The standard InChI is InChI=1S/C20H21BrN2O2S/c1-14-13-26-20(23-14)4-2-3-9-22-19(24)12-25-18-8-6-15-10-17(21)7-5-16(15)11-18/h5-8,10-11,13H,2-4,9,12H2,1H3,(H,22,24). The number of hydrogen-bond acceptors (Lipinski definition) is 4. The van der Waals surface area contributed by atoms with Crippen molar-refractivity contribution in [3.63, 3.8) is 0 Å². The van der Waals surface area contributed by atoms with Gasteiger partial charge in [-0.1, -0.05) is 28.1 Å². The van der Waals surface area contributed by atoms with Crippen LogP contribution in [0.1, 0.15) is 23.5 Å². The summed E-state index contributed by atoms with van der Waals surface area (Å²) in [6, 6.07) is 11.9. The maximum Gasteiger partial charge on any atom is 0.257 e. The van der Waals surface area contributed by atoms with Crippen molar-refractivity contribution in [2.75, 3.05) is 13.2 Å². The van der Waals surface area contributed by atoms with Crippen LogP contribution in [0.4, 0.5) is 0 Å². The van der Waals surface area contributed by atoms with Gasteiger partial charge in [-0.05, 0) is 61.2 Å². The van der Waals surface area contributed by atoms with Gasteiger partial charge >= 0.3 is 0 Å². The first-order valence-electron chi connectivity index (χ1n) is 8.60. The summed E-state index contributed by atoms with van der Waals surface area (Å²) >= 11 is 5.16. The molecule has 0 saturated heterocycles. The minimum Gasteiger partial charge on any atom is -0.484 e. The van der Waals surface area contributed by atoms with Crippen LogP contribution in [0.5, 0.6) is 5.75 Å². The number of fused-ring (bicyclic) bond motifs is 1. The SMILES string of the molecule is Cc1csc(CCCCNC(=O)COc2ccc3cc(Br)ccc3c2)n1. The van der Waals surface area contributed by atoms with Crippen LogP contribution in [-0.4, -0.2) is 24.0 Å². The molecule has 0 aliphatic rings. The van der Waals surface area contributed by atoms with Gasteiger partial charge in [0, 0.05) is 22.1 Å². The van der Waals surface area contributed by atoms with E-state index in [1.165, 1.54) is 5.01 Å². The van der Waals surface area contributed by atoms with Crippen molar-refractivity contribution in [2.45, 2.75) is 26.2 Å². The number of aromatic nitrogens is 1. The second-order valence-corrected chi connectivity index (χ2v) is 7.99. The fourth-order valence-corrected chi connectivity index (χ4v) is 3.83. The first-order chi connectivity index (χ1) is 12.6. The molecule has 2 aromatic carbocycles. The second kappa shape index (κ2) is 9.14. The molecule has 136 valence electrons. The van der Waals surface area contributed by atoms with Crippen molar-refractivity contribution in [2.24, 2.45) is 0 Å². The number of carbonyl (C=O) groups excluding carboxylic acids is 1. The number of rotatable bonds is 8. The van der Waals surface area contributed by atoms with E-state index in [1.54, 1.807) is 11.3 Å². The summed E-state index contributed by atoms with van der Waals surface area (Å²) < 4.78 is 6.65. The van der Waals surface area contributed by atoms with E-state index in [2.05, 4.69) is 37.7 Å². The van der Waals surface area contributed by atoms with Crippen molar-refractivity contribution >= 4 is 43.9 Å². The van der Waals surface area contributed by atoms with Gasteiger partial charge in [0.25, 0.3) is 5.91 Å². The normalized spacial score (nSPS) is 10.8. The van der Waals surface area contributed by atoms with Crippen LogP contribution in [0.15, 0.2) is 46.3 Å². The van der Waals surface area contributed by atoms with Gasteiger partial charge in [-0.15, -0.1) is 11.3 Å². The van der Waals surface area contributed by atoms with E-state index in [4.69, 9.17) is 4.74 Å². The fourth-order valence-electron chi connectivity index (χ4n) is 2.63. The molecule has 4 nitrogen and oxygen atoms in total. The Labute approximate surface area is 165 Å². The lowest BCUT2D eigenvalue weighted by atomic mass is 10.1. The van der Waals surface area contributed by atoms with E-state index < -0.39 is 0 Å². The van der Waals surface area contributed by atoms with Crippen LogP contribution < -0.4 is 10.1 Å². The van der Waals surface area contributed by atoms with Crippen LogP contribution in [0.3, 0.4) is 0 Å². The molecule has 0 spiro atoms. The van der Waals surface area contributed by atoms with Gasteiger partial charge in [-0.25, -0.2) is 4.98 Å². The number of aryl methyl sites for hydroxylation is 2. The lowest BCUT2D eigenvalue weighted by molar-refractivity contribution is -0.123. The van der Waals surface area contributed by atoms with E-state index in [-0.39, 0.29) is 12.5 Å². The third-order valence-corrected chi connectivity index (χ3v) is 5.47. The van der Waals surface area contributed by atoms with Gasteiger partial charge in [-0.2, -0.15) is 0 Å². The number of ether oxygens (including phenoxy) is 1. The van der Waals surface area contributed by atoms with Crippen LogP contribution >= 0.6 is 27.3 Å². The highest BCUT2D eigenvalue weighted by atomic mass is 79.9. The van der Waals surface area contributed by atoms with Gasteiger partial charge in [0.15, 0.2) is 6.61 Å². The molecule has 1 N–H and O–H groups in total. The molecule has 1 amide bonds. The van der Waals surface area contributed by atoms with E-state index in [9.17, 15) is 4.79 Å². The quantitative estimate of drug-likeness (QED) is 0.515. The molecule has 0 atom stereocenters. The molecule has 0 bridgehead atoms. The van der Waals surface area contributed by atoms with E-state index in [0.717, 1.165) is 40.2 Å². The van der Waals surface area contributed by atoms with Crippen molar-refractivity contribution in [3.05, 3.63) is 57.0 Å². The Morgan fingerprint density at radius 3 is 2.81 bits per heavy atom. The monoisotopic (exact) mass is 432 g/mol. The van der Waals surface area contributed by atoms with Gasteiger partial charge < -0.3 is 10.1 Å². The molecule has 0 aliphatic carbocycles. The summed E-state index contributed by atoms with van der Waals surface area (Å²) in [7, 11) is 0. The molecule has 0 fully saturated rings. The Kier molecular flexibility index (Phi) is 6.63. The molecule has 0 aliphatic heterocycles. The van der Waals surface area contributed by atoms with Gasteiger partial charge in [-0.3, -0.25) is 4.79 Å². The third kappa shape index (κ3) is 5.54. The summed E-state index contributed by atoms with van der Waals surface area (Å²) in [5.74, 6) is 0.611. The Morgan fingerprint density at radius 2 is 2.00 bits per heavy atom. The molecule has 0 unspecified atom stereocenters. The zero-order valence-corrected chi connectivity index (χ0v) is 17.0. The minimum absolute atomic E-state index is 0.0354. The molecule has 3 rings (SSSR count). The van der Waals surface area contributed by atoms with Crippen LogP contribution in [0.2, 0.25) is 0 Å². The Hall–Kier alpha value is -1.92. The third-order valence-electron chi connectivity index (χ3n) is 3.95. The molecule has 1 heterocycles. The zero-order chi connectivity index (χ0) is 18.4. The number of benzene rings is 2. The maximum absolute atomic E-state index is 11.9. The zero-order valence-electron chi connectivity index (χ0n) is 14.6. The molecule has 0 radical (unpaired) electrons. The first kappa shape index (κ1) is 18.9. The number of amides is 1. The molecule has 1 aromatic heterocycles. The lowest BCUT2D eigenvalue weighted by Gasteiger charge is -2.08. The number of unbranched alkanes of at least 4 members (excludes halogenated alkanes) is 1. The summed E-state index contributed by atoms with van der Waals surface area (Å²) in [5, 5.41) is 8.36. The summed E-state index contributed by atoms with van der Waals surface area (Å²) in [6.45, 7) is 2.71. The second-order valence-electron chi connectivity index (χ2n) is 6.13. The van der Waals surface area contributed by atoms with Gasteiger partial charge in [0.05, 0.1) is 5.01 Å². The highest BCUT2D eigenvalue weighted by Crippen LogP contribution is 2.24. The van der Waals surface area contributed by atoms with Crippen molar-refractivity contribution in [1.29, 1.82) is 0 Å². The topological polar surface area (TPSA) is 51.2 Å². The average molecular weight is 433 g/mol. The maximum atomic E-state index is 11.9. The van der Waals surface area contributed by atoms with Gasteiger partial charge in [0.2, 0.25) is 0 Å². The molecular weight excluding hydrogens is 412 g/mol. The van der Waals surface area contributed by atoms with Crippen LogP contribution in [0.25, 0.3) is 10.8 Å². The molecular formula is C20H21BrN2O2S. The largest absolute Gasteiger partial charge is 0.484 e. The van der Waals surface area contributed by atoms with E-state index >= 15 is 0 Å². The van der Waals surface area contributed by atoms with Crippen molar-refractivity contribution < 1.29 is 9.53 Å². The molecule has 3 aromatic rings. The molecule has 0 saturated carbocycles. The van der Waals surface area contributed by atoms with Crippen LogP contribution in [-0.2, 0) is 11.2 Å². The lowest BCUT2D eigenvalue weighted by Crippen LogP contribution is -2.29. The first-order valence-corrected chi connectivity index (χ1v) is 10.3. The number of nitrogens with one attached hydrogen (secondary N) is 1. The number of thiazole rings is 1. The fraction of sp³-hybridized carbons (Fsp3) is 0.300. The van der Waals surface area contributed by atoms with E-state index in [1.807, 2.05) is 37.3 Å². The Bertz CT molecular complexity index is 894. The minimum atomic E-state index is -0.0917. The number of carbonyl (C=O) groups is 1. The number of halogens is 1. The Balaban J connectivity index is 1.36. The predicted molar refractivity (Wildman–Crippen MR) is 110 cm³/mol. The summed E-state index contributed by atoms with van der Waals surface area (Å²) in [6.07, 6.45) is 2.93. The average Bonchev–Trinajstić information content (AvgIpc) is 3.05. The Morgan fingerprint density at radius 1 is 1.19 bits per heavy atom. The summed E-state index contributed by atoms with van der Waals surface area (Å²) in [4.78, 5) is 16.3. The number of hydrogen-bond donors (Lipinski definition) is 1. The molecule has 6 heteroatoms. The smallest absolute Gasteiger partial charge is 0.257 e. The van der Waals surface area contributed by atoms with Gasteiger partial charge in [0.1, 0.15) is 5.75 Å². The summed E-state index contributed by atoms with van der Waals surface area (Å²) in [5.41, 5.74) is 1.08. The highest BCUT2D eigenvalue weighted by molar-refractivity contribution is 9.10. The van der Waals surface area contributed by atoms with E-state index in [0.29, 0.717) is 12.3 Å². The predicted octanol–water partition coefficient (Wildman–Crippen LogP) is 4.89. The highest BCUT2D eigenvalue weighted by Gasteiger charge is 2.04. The van der Waals surface area contributed by atoms with Crippen molar-refractivity contribution in [1.82, 2.24) is 10.3 Å². The van der Waals surface area contributed by atoms with Crippen molar-refractivity contribution in [3.8, 4) is 5.75 Å².